The van der Waals surface area contributed by atoms with Crippen LogP contribution in [0.4, 0.5) is 11.4 Å². The fraction of sp³-hybridized carbons (Fsp3) is 0.281. The zero-order chi connectivity index (χ0) is 26.1. The molecule has 1 aromatic heterocycles. The molecular weight excluding hydrogens is 472 g/mol. The second-order valence-corrected chi connectivity index (χ2v) is 10.2. The molecule has 38 heavy (non-hydrogen) atoms. The molecule has 7 rings (SSSR count). The maximum atomic E-state index is 12.0. The Morgan fingerprint density at radius 2 is 1.82 bits per heavy atom. The van der Waals surface area contributed by atoms with Crippen LogP contribution in [0.3, 0.4) is 0 Å². The highest BCUT2D eigenvalue weighted by Gasteiger charge is 2.42. The van der Waals surface area contributed by atoms with E-state index in [0.29, 0.717) is 11.8 Å². The number of methoxy groups -OCH3 is 1. The highest BCUT2D eigenvalue weighted by Crippen LogP contribution is 2.44. The minimum atomic E-state index is -0.659. The maximum Gasteiger partial charge on any atom is 0.119 e. The van der Waals surface area contributed by atoms with Gasteiger partial charge in [0.05, 0.1) is 30.1 Å². The standard InChI is InChI=1S/C32H32N4O2/c1-3-21-20-36-16-15-23(21)17-30(36)32(37)31-27-18-26(38-2)13-14-29(27)33-19-28(31)22-9-11-25(12-10-22)35-34-24-7-5-4-6-8-24/h3-14,18-19,21,23,30,32,37H,1,15-17,20H2,2H3/t21-,23-,30+,32+/m0/s1. The fourth-order valence-corrected chi connectivity index (χ4v) is 6.08. The van der Waals surface area contributed by atoms with Gasteiger partial charge < -0.3 is 9.84 Å². The van der Waals surface area contributed by atoms with E-state index in [1.807, 2.05) is 79.0 Å². The first kappa shape index (κ1) is 24.5. The molecule has 0 aliphatic carbocycles. The molecule has 0 saturated carbocycles. The summed E-state index contributed by atoms with van der Waals surface area (Å²) in [4.78, 5) is 7.20. The first-order chi connectivity index (χ1) is 18.6. The van der Waals surface area contributed by atoms with Gasteiger partial charge in [-0.05, 0) is 79.3 Å². The molecule has 0 radical (unpaired) electrons. The lowest BCUT2D eigenvalue weighted by atomic mass is 9.73. The van der Waals surface area contributed by atoms with Crippen LogP contribution in [-0.2, 0) is 0 Å². The van der Waals surface area contributed by atoms with E-state index < -0.39 is 6.10 Å². The van der Waals surface area contributed by atoms with Crippen molar-refractivity contribution in [3.05, 3.63) is 97.2 Å². The van der Waals surface area contributed by atoms with Crippen LogP contribution in [0.15, 0.2) is 102 Å². The van der Waals surface area contributed by atoms with Crippen molar-refractivity contribution in [2.75, 3.05) is 20.2 Å². The summed E-state index contributed by atoms with van der Waals surface area (Å²) in [6, 6.07) is 23.6. The molecule has 3 aliphatic heterocycles. The molecule has 5 atom stereocenters. The van der Waals surface area contributed by atoms with E-state index in [0.717, 1.165) is 70.6 Å². The topological polar surface area (TPSA) is 70.3 Å². The molecular formula is C32H32N4O2. The van der Waals surface area contributed by atoms with Gasteiger partial charge in [0, 0.05) is 35.3 Å². The lowest BCUT2D eigenvalue weighted by Crippen LogP contribution is -2.54. The Morgan fingerprint density at radius 3 is 2.50 bits per heavy atom. The Balaban J connectivity index is 1.39. The van der Waals surface area contributed by atoms with Gasteiger partial charge in [-0.25, -0.2) is 0 Å². The molecule has 1 unspecified atom stereocenters. The predicted molar refractivity (Wildman–Crippen MR) is 151 cm³/mol. The average Bonchev–Trinajstić information content (AvgIpc) is 2.99. The zero-order valence-corrected chi connectivity index (χ0v) is 21.6. The highest BCUT2D eigenvalue weighted by atomic mass is 16.5. The van der Waals surface area contributed by atoms with Crippen molar-refractivity contribution < 1.29 is 9.84 Å². The minimum absolute atomic E-state index is 0.0550. The zero-order valence-electron chi connectivity index (χ0n) is 21.6. The van der Waals surface area contributed by atoms with Crippen molar-refractivity contribution in [3.8, 4) is 16.9 Å². The average molecular weight is 505 g/mol. The molecule has 3 aliphatic rings. The summed E-state index contributed by atoms with van der Waals surface area (Å²) in [7, 11) is 1.67. The molecule has 3 fully saturated rings. The summed E-state index contributed by atoms with van der Waals surface area (Å²) in [5.74, 6) is 1.81. The van der Waals surface area contributed by atoms with Crippen molar-refractivity contribution in [1.82, 2.24) is 9.88 Å². The van der Waals surface area contributed by atoms with Gasteiger partial charge in [-0.3, -0.25) is 9.88 Å². The van der Waals surface area contributed by atoms with Gasteiger partial charge in [0.1, 0.15) is 5.75 Å². The van der Waals surface area contributed by atoms with Crippen LogP contribution >= 0.6 is 0 Å². The quantitative estimate of drug-likeness (QED) is 0.212. The largest absolute Gasteiger partial charge is 0.497 e. The third kappa shape index (κ3) is 4.62. The molecule has 6 nitrogen and oxygen atoms in total. The minimum Gasteiger partial charge on any atom is -0.497 e. The highest BCUT2D eigenvalue weighted by molar-refractivity contribution is 5.90. The van der Waals surface area contributed by atoms with Gasteiger partial charge in [0.25, 0.3) is 0 Å². The van der Waals surface area contributed by atoms with Gasteiger partial charge >= 0.3 is 0 Å². The van der Waals surface area contributed by atoms with Crippen LogP contribution in [0.1, 0.15) is 24.5 Å². The molecule has 192 valence electrons. The third-order valence-corrected chi connectivity index (χ3v) is 8.15. The second-order valence-electron chi connectivity index (χ2n) is 10.2. The third-order valence-electron chi connectivity index (χ3n) is 8.15. The fourth-order valence-electron chi connectivity index (χ4n) is 6.08. The number of nitrogens with zero attached hydrogens (tertiary/aromatic N) is 4. The van der Waals surface area contributed by atoms with E-state index in [9.17, 15) is 5.11 Å². The molecule has 4 heterocycles. The number of piperidine rings is 3. The Bertz CT molecular complexity index is 1470. The number of azo groups is 1. The van der Waals surface area contributed by atoms with Crippen LogP contribution in [0.2, 0.25) is 0 Å². The Labute approximate surface area is 223 Å². The smallest absolute Gasteiger partial charge is 0.119 e. The number of benzene rings is 3. The number of aliphatic hydroxyl groups excluding tert-OH is 1. The van der Waals surface area contributed by atoms with Crippen molar-refractivity contribution in [1.29, 1.82) is 0 Å². The van der Waals surface area contributed by atoms with Crippen LogP contribution in [-0.4, -0.2) is 41.2 Å². The van der Waals surface area contributed by atoms with Crippen molar-refractivity contribution in [2.45, 2.75) is 25.0 Å². The summed E-state index contributed by atoms with van der Waals surface area (Å²) in [6.45, 7) is 6.03. The molecule has 3 aromatic carbocycles. The Kier molecular flexibility index (Phi) is 6.75. The normalized spacial score (nSPS) is 23.5. The molecule has 4 aromatic rings. The first-order valence-electron chi connectivity index (χ1n) is 13.2. The monoisotopic (exact) mass is 504 g/mol. The summed E-state index contributed by atoms with van der Waals surface area (Å²) in [6.07, 6.45) is 5.44. The number of ether oxygens (including phenoxy) is 1. The Hall–Kier alpha value is -3.87. The van der Waals surface area contributed by atoms with Crippen molar-refractivity contribution >= 4 is 22.3 Å². The molecule has 0 amide bonds. The lowest BCUT2D eigenvalue weighted by molar-refractivity contribution is -0.0443. The van der Waals surface area contributed by atoms with Crippen LogP contribution < -0.4 is 4.74 Å². The van der Waals surface area contributed by atoms with Gasteiger partial charge in [0.2, 0.25) is 0 Å². The predicted octanol–water partition coefficient (Wildman–Crippen LogP) is 7.26. The SMILES string of the molecule is C=C[C@H]1CN2CC[C@H]1C[C@@H]2[C@@H](O)c1c(-c2ccc(N=Nc3ccccc3)cc2)cnc2ccc(OC)cc12. The lowest BCUT2D eigenvalue weighted by Gasteiger charge is -2.50. The molecule has 0 spiro atoms. The molecule has 6 heteroatoms. The van der Waals surface area contributed by atoms with E-state index in [1.54, 1.807) is 7.11 Å². The Morgan fingerprint density at radius 1 is 1.05 bits per heavy atom. The summed E-state index contributed by atoms with van der Waals surface area (Å²) in [5, 5.41) is 21.7. The van der Waals surface area contributed by atoms with E-state index >= 15 is 0 Å². The van der Waals surface area contributed by atoms with Crippen molar-refractivity contribution in [3.63, 3.8) is 0 Å². The van der Waals surface area contributed by atoms with Crippen LogP contribution in [0.25, 0.3) is 22.0 Å². The van der Waals surface area contributed by atoms with E-state index in [2.05, 4.69) is 27.8 Å². The number of aliphatic hydroxyl groups is 1. The number of hydrogen-bond acceptors (Lipinski definition) is 6. The first-order valence-corrected chi connectivity index (χ1v) is 13.2. The van der Waals surface area contributed by atoms with Crippen LogP contribution in [0, 0.1) is 11.8 Å². The van der Waals surface area contributed by atoms with E-state index in [-0.39, 0.29) is 6.04 Å². The van der Waals surface area contributed by atoms with Gasteiger partial charge in [-0.2, -0.15) is 10.2 Å². The summed E-state index contributed by atoms with van der Waals surface area (Å²) >= 11 is 0. The van der Waals surface area contributed by atoms with Gasteiger partial charge in [0.15, 0.2) is 0 Å². The number of hydrogen-bond donors (Lipinski definition) is 1. The van der Waals surface area contributed by atoms with E-state index in [4.69, 9.17) is 9.72 Å². The maximum absolute atomic E-state index is 12.0. The molecule has 2 bridgehead atoms. The second kappa shape index (κ2) is 10.5. The number of fused-ring (bicyclic) bond motifs is 4. The van der Waals surface area contributed by atoms with E-state index in [1.165, 1.54) is 0 Å². The number of aromatic nitrogens is 1. The number of pyridine rings is 1. The van der Waals surface area contributed by atoms with Gasteiger partial charge in [-0.1, -0.05) is 36.4 Å². The number of rotatable bonds is 7. The van der Waals surface area contributed by atoms with Crippen LogP contribution in [0.5, 0.6) is 5.75 Å². The summed E-state index contributed by atoms with van der Waals surface area (Å²) < 4.78 is 5.55. The molecule has 1 N–H and O–H groups in total. The van der Waals surface area contributed by atoms with Crippen molar-refractivity contribution in [2.24, 2.45) is 22.1 Å². The summed E-state index contributed by atoms with van der Waals surface area (Å²) in [5.41, 5.74) is 5.23. The van der Waals surface area contributed by atoms with Gasteiger partial charge in [-0.15, -0.1) is 6.58 Å². The molecule has 3 saturated heterocycles.